The van der Waals surface area contributed by atoms with Crippen molar-refractivity contribution in [1.29, 1.82) is 0 Å². The van der Waals surface area contributed by atoms with Gasteiger partial charge >= 0.3 is 0 Å². The van der Waals surface area contributed by atoms with E-state index in [0.29, 0.717) is 22.1 Å². The van der Waals surface area contributed by atoms with Gasteiger partial charge in [-0.3, -0.25) is 4.98 Å². The van der Waals surface area contributed by atoms with Crippen LogP contribution in [0.3, 0.4) is 0 Å². The summed E-state index contributed by atoms with van der Waals surface area (Å²) >= 11 is 7.37. The molecule has 0 aliphatic rings. The number of rotatable bonds is 4. The number of aliphatic hydroxyl groups excluding tert-OH is 1. The predicted octanol–water partition coefficient (Wildman–Crippen LogP) is 3.73. The molecule has 0 spiro atoms. The van der Waals surface area contributed by atoms with Crippen LogP contribution in [-0.4, -0.2) is 30.3 Å². The average molecular weight is 370 g/mol. The van der Waals surface area contributed by atoms with E-state index in [1.807, 2.05) is 12.1 Å². The van der Waals surface area contributed by atoms with Crippen LogP contribution in [0.1, 0.15) is 17.4 Å². The van der Waals surface area contributed by atoms with Gasteiger partial charge in [0.05, 0.1) is 10.6 Å². The number of hydrogen-bond acceptors (Lipinski definition) is 6. The molecule has 1 aromatic carbocycles. The lowest BCUT2D eigenvalue weighted by molar-refractivity contribution is 0.216. The van der Waals surface area contributed by atoms with Crippen LogP contribution >= 0.6 is 22.9 Å². The Morgan fingerprint density at radius 1 is 1.08 bits per heavy atom. The molecule has 4 aromatic rings. The number of benzene rings is 1. The summed E-state index contributed by atoms with van der Waals surface area (Å²) in [6.07, 6.45) is 4.02. The lowest BCUT2D eigenvalue weighted by Crippen LogP contribution is -2.02. The molecule has 8 heteroatoms. The molecule has 0 saturated heterocycles. The highest BCUT2D eigenvalue weighted by molar-refractivity contribution is 7.18. The van der Waals surface area contributed by atoms with E-state index in [2.05, 4.69) is 25.1 Å². The van der Waals surface area contributed by atoms with Gasteiger partial charge in [-0.1, -0.05) is 23.7 Å². The van der Waals surface area contributed by atoms with Gasteiger partial charge in [0, 0.05) is 23.0 Å². The van der Waals surface area contributed by atoms with Crippen LogP contribution in [0.15, 0.2) is 55.1 Å². The van der Waals surface area contributed by atoms with Gasteiger partial charge < -0.3 is 10.1 Å². The minimum atomic E-state index is -0.899. The van der Waals surface area contributed by atoms with E-state index in [4.69, 9.17) is 11.6 Å². The third-order valence-electron chi connectivity index (χ3n) is 3.66. The Morgan fingerprint density at radius 2 is 1.84 bits per heavy atom. The van der Waals surface area contributed by atoms with Crippen LogP contribution in [0.5, 0.6) is 0 Å². The van der Waals surface area contributed by atoms with Crippen LogP contribution in [0.25, 0.3) is 21.3 Å². The molecule has 0 amide bonds. The average Bonchev–Trinajstić information content (AvgIpc) is 3.32. The lowest BCUT2D eigenvalue weighted by Gasteiger charge is -2.10. The Bertz CT molecular complexity index is 970. The zero-order valence-corrected chi connectivity index (χ0v) is 14.4. The van der Waals surface area contributed by atoms with Crippen molar-refractivity contribution in [2.75, 3.05) is 0 Å². The molecule has 1 atom stereocenters. The first kappa shape index (κ1) is 15.9. The number of H-pyrrole nitrogens is 1. The first-order chi connectivity index (χ1) is 12.2. The van der Waals surface area contributed by atoms with Crippen molar-refractivity contribution in [3.8, 4) is 21.3 Å². The van der Waals surface area contributed by atoms with E-state index >= 15 is 0 Å². The van der Waals surface area contributed by atoms with Crippen LogP contribution in [0, 0.1) is 0 Å². The number of nitrogens with one attached hydrogen (secondary N) is 1. The Hall–Kier alpha value is -2.61. The van der Waals surface area contributed by atoms with Crippen molar-refractivity contribution in [2.24, 2.45) is 0 Å². The van der Waals surface area contributed by atoms with E-state index < -0.39 is 6.10 Å². The Labute approximate surface area is 152 Å². The molecule has 3 aromatic heterocycles. The molecule has 0 saturated carbocycles. The minimum absolute atomic E-state index is 0.524. The van der Waals surface area contributed by atoms with Crippen molar-refractivity contribution in [3.63, 3.8) is 0 Å². The predicted molar refractivity (Wildman–Crippen MR) is 96.2 cm³/mol. The zero-order valence-electron chi connectivity index (χ0n) is 12.8. The van der Waals surface area contributed by atoms with Crippen LogP contribution in [0.2, 0.25) is 5.02 Å². The van der Waals surface area contributed by atoms with Crippen molar-refractivity contribution in [3.05, 3.63) is 71.4 Å². The summed E-state index contributed by atoms with van der Waals surface area (Å²) < 4.78 is 0. The Kier molecular flexibility index (Phi) is 4.27. The SMILES string of the molecule is O[C@H](c1ccc(Cl)cc1)c1nc(-c2ccncc2)sc1-c1nnc[nH]1. The maximum absolute atomic E-state index is 10.8. The van der Waals surface area contributed by atoms with E-state index in [-0.39, 0.29) is 0 Å². The minimum Gasteiger partial charge on any atom is -0.382 e. The van der Waals surface area contributed by atoms with Gasteiger partial charge in [-0.15, -0.1) is 21.5 Å². The summed E-state index contributed by atoms with van der Waals surface area (Å²) in [5, 5.41) is 20.1. The summed E-state index contributed by atoms with van der Waals surface area (Å²) in [4.78, 5) is 12.4. The summed E-state index contributed by atoms with van der Waals surface area (Å²) in [6.45, 7) is 0. The highest BCUT2D eigenvalue weighted by Gasteiger charge is 2.23. The van der Waals surface area contributed by atoms with Gasteiger partial charge in [0.1, 0.15) is 17.4 Å². The number of halogens is 1. The van der Waals surface area contributed by atoms with Crippen molar-refractivity contribution >= 4 is 22.9 Å². The maximum atomic E-state index is 10.8. The van der Waals surface area contributed by atoms with Crippen LogP contribution < -0.4 is 0 Å². The monoisotopic (exact) mass is 369 g/mol. The number of pyridine rings is 1. The molecule has 0 fully saturated rings. The maximum Gasteiger partial charge on any atom is 0.173 e. The molecular formula is C17H12ClN5OS. The van der Waals surface area contributed by atoms with Gasteiger partial charge in [-0.25, -0.2) is 4.98 Å². The van der Waals surface area contributed by atoms with Crippen molar-refractivity contribution < 1.29 is 5.11 Å². The van der Waals surface area contributed by atoms with Crippen LogP contribution in [-0.2, 0) is 0 Å². The summed E-state index contributed by atoms with van der Waals surface area (Å²) in [7, 11) is 0. The Balaban J connectivity index is 1.82. The fraction of sp³-hybridized carbons (Fsp3) is 0.0588. The first-order valence-electron chi connectivity index (χ1n) is 7.43. The van der Waals surface area contributed by atoms with Crippen molar-refractivity contribution in [2.45, 2.75) is 6.10 Å². The van der Waals surface area contributed by atoms with Gasteiger partial charge in [-0.05, 0) is 29.8 Å². The molecule has 4 rings (SSSR count). The second-order valence-corrected chi connectivity index (χ2v) is 6.70. The molecule has 0 bridgehead atoms. The fourth-order valence-corrected chi connectivity index (χ4v) is 3.60. The number of nitrogens with zero attached hydrogens (tertiary/aromatic N) is 4. The second kappa shape index (κ2) is 6.72. The smallest absolute Gasteiger partial charge is 0.173 e. The number of hydrogen-bond donors (Lipinski definition) is 2. The molecule has 124 valence electrons. The molecule has 25 heavy (non-hydrogen) atoms. The Morgan fingerprint density at radius 3 is 2.52 bits per heavy atom. The lowest BCUT2D eigenvalue weighted by atomic mass is 10.1. The molecule has 0 radical (unpaired) electrons. The van der Waals surface area contributed by atoms with Crippen LogP contribution in [0.4, 0.5) is 0 Å². The number of aliphatic hydroxyl groups is 1. The molecule has 3 heterocycles. The summed E-state index contributed by atoms with van der Waals surface area (Å²) in [5.41, 5.74) is 2.16. The topological polar surface area (TPSA) is 87.6 Å². The largest absolute Gasteiger partial charge is 0.382 e. The van der Waals surface area contributed by atoms with E-state index in [1.54, 1.807) is 36.7 Å². The molecule has 2 N–H and O–H groups in total. The normalized spacial score (nSPS) is 12.2. The standard InChI is InChI=1S/C17H12ClN5OS/c18-12-3-1-10(2-4-12)14(24)13-15(16-20-9-21-23-16)25-17(22-13)11-5-7-19-8-6-11/h1-9,14,24H,(H,20,21,23)/t14-/m1/s1. The molecule has 0 aliphatic carbocycles. The van der Waals surface area contributed by atoms with Gasteiger partial charge in [0.2, 0.25) is 0 Å². The fourth-order valence-electron chi connectivity index (χ4n) is 2.42. The third kappa shape index (κ3) is 3.17. The first-order valence-corrected chi connectivity index (χ1v) is 8.63. The quantitative estimate of drug-likeness (QED) is 0.572. The van der Waals surface area contributed by atoms with Crippen molar-refractivity contribution in [1.82, 2.24) is 25.1 Å². The third-order valence-corrected chi connectivity index (χ3v) is 5.04. The van der Waals surface area contributed by atoms with Gasteiger partial charge in [-0.2, -0.15) is 0 Å². The summed E-state index contributed by atoms with van der Waals surface area (Å²) in [6, 6.07) is 10.8. The van der Waals surface area contributed by atoms with E-state index in [9.17, 15) is 5.11 Å². The van der Waals surface area contributed by atoms with E-state index in [0.717, 1.165) is 15.4 Å². The molecule has 0 unspecified atom stereocenters. The van der Waals surface area contributed by atoms with E-state index in [1.165, 1.54) is 17.7 Å². The number of aromatic nitrogens is 5. The summed E-state index contributed by atoms with van der Waals surface area (Å²) in [5.74, 6) is 0.570. The van der Waals surface area contributed by atoms with Gasteiger partial charge in [0.15, 0.2) is 5.82 Å². The van der Waals surface area contributed by atoms with Gasteiger partial charge in [0.25, 0.3) is 0 Å². The molecule has 6 nitrogen and oxygen atoms in total. The zero-order chi connectivity index (χ0) is 17.2. The number of aromatic amines is 1. The highest BCUT2D eigenvalue weighted by Crippen LogP contribution is 2.38. The highest BCUT2D eigenvalue weighted by atomic mass is 35.5. The second-order valence-electron chi connectivity index (χ2n) is 5.26. The molecule has 0 aliphatic heterocycles. The molecular weight excluding hydrogens is 358 g/mol. The number of thiazole rings is 1.